The maximum absolute atomic E-state index is 12.6. The normalized spacial score (nSPS) is 17.1. The van der Waals surface area contributed by atoms with Crippen LogP contribution in [0.2, 0.25) is 0 Å². The molecule has 0 spiro atoms. The molecule has 4 rings (SSSR count). The van der Waals surface area contributed by atoms with E-state index in [4.69, 9.17) is 0 Å². The quantitative estimate of drug-likeness (QED) is 0.666. The number of aromatic nitrogens is 4. The highest BCUT2D eigenvalue weighted by atomic mass is 32.2. The molecule has 0 N–H and O–H groups in total. The summed E-state index contributed by atoms with van der Waals surface area (Å²) in [4.78, 5) is 0.801. The molecular weight excluding hydrogens is 370 g/mol. The number of nitrogens with zero attached hydrogens (tertiary/aromatic N) is 5. The van der Waals surface area contributed by atoms with Crippen molar-refractivity contribution in [1.82, 2.24) is 24.1 Å². The highest BCUT2D eigenvalue weighted by Gasteiger charge is 2.30. The van der Waals surface area contributed by atoms with Crippen LogP contribution in [0.3, 0.4) is 0 Å². The first-order valence-electron chi connectivity index (χ1n) is 8.73. The number of aryl methyl sites for hydroxylation is 2. The summed E-state index contributed by atoms with van der Waals surface area (Å²) in [5.41, 5.74) is 1.06. The number of rotatable bonds is 5. The van der Waals surface area contributed by atoms with Gasteiger partial charge in [-0.25, -0.2) is 12.7 Å². The Hall–Kier alpha value is -1.84. The number of hydrogen-bond donors (Lipinski definition) is 0. The van der Waals surface area contributed by atoms with Crippen LogP contribution in [0.25, 0.3) is 4.96 Å². The monoisotopic (exact) mass is 391 g/mol. The lowest BCUT2D eigenvalue weighted by atomic mass is 9.99. The van der Waals surface area contributed by atoms with Crippen LogP contribution in [0.4, 0.5) is 0 Å². The van der Waals surface area contributed by atoms with E-state index in [1.807, 2.05) is 37.3 Å². The number of sulfonamides is 1. The van der Waals surface area contributed by atoms with E-state index in [1.54, 1.807) is 20.2 Å². The molecule has 1 saturated heterocycles. The Bertz CT molecular complexity index is 989. The maximum Gasteiger partial charge on any atom is 0.234 e. The Balaban J connectivity index is 1.37. The Kier molecular flexibility index (Phi) is 4.76. The molecule has 1 fully saturated rings. The minimum Gasteiger partial charge on any atom is -0.212 e. The molecule has 3 aromatic rings. The predicted octanol–water partition coefficient (Wildman–Crippen LogP) is 2.25. The van der Waals surface area contributed by atoms with E-state index in [1.165, 1.54) is 0 Å². The van der Waals surface area contributed by atoms with E-state index in [0.29, 0.717) is 25.4 Å². The fourth-order valence-electron chi connectivity index (χ4n) is 3.30. The van der Waals surface area contributed by atoms with Crippen LogP contribution in [0.1, 0.15) is 35.2 Å². The van der Waals surface area contributed by atoms with Gasteiger partial charge in [-0.2, -0.15) is 9.61 Å². The van der Waals surface area contributed by atoms with Gasteiger partial charge in [0, 0.05) is 19.0 Å². The van der Waals surface area contributed by atoms with Crippen molar-refractivity contribution in [3.8, 4) is 0 Å². The van der Waals surface area contributed by atoms with E-state index < -0.39 is 10.0 Å². The highest BCUT2D eigenvalue weighted by Crippen LogP contribution is 2.32. The maximum atomic E-state index is 12.6. The first-order valence-corrected chi connectivity index (χ1v) is 11.2. The van der Waals surface area contributed by atoms with E-state index in [0.717, 1.165) is 34.2 Å². The largest absolute Gasteiger partial charge is 0.234 e. The number of hydrogen-bond acceptors (Lipinski definition) is 6. The zero-order chi connectivity index (χ0) is 18.1. The molecule has 9 heteroatoms. The molecule has 0 saturated carbocycles. The van der Waals surface area contributed by atoms with Crippen LogP contribution < -0.4 is 0 Å². The first kappa shape index (κ1) is 17.6. The third kappa shape index (κ3) is 3.51. The summed E-state index contributed by atoms with van der Waals surface area (Å²) >= 11 is 1.55. The van der Waals surface area contributed by atoms with Crippen LogP contribution in [0, 0.1) is 6.92 Å². The predicted molar refractivity (Wildman–Crippen MR) is 101 cm³/mol. The topological polar surface area (TPSA) is 80.5 Å². The lowest BCUT2D eigenvalue weighted by Crippen LogP contribution is -2.39. The van der Waals surface area contributed by atoms with Crippen molar-refractivity contribution in [1.29, 1.82) is 0 Å². The minimum absolute atomic E-state index is 0.164. The van der Waals surface area contributed by atoms with E-state index >= 15 is 0 Å². The third-order valence-corrected chi connectivity index (χ3v) is 7.78. The molecule has 0 atom stereocenters. The SMILES string of the molecule is Cc1nnc2sc(C3CCN(S(=O)(=O)CCc4ccccc4)CC3)nn12. The minimum atomic E-state index is -3.22. The molecule has 0 unspecified atom stereocenters. The van der Waals surface area contributed by atoms with Crippen molar-refractivity contribution >= 4 is 26.3 Å². The summed E-state index contributed by atoms with van der Waals surface area (Å²) in [5.74, 6) is 1.24. The fourth-order valence-corrected chi connectivity index (χ4v) is 5.87. The molecule has 1 aliphatic heterocycles. The molecule has 1 aliphatic rings. The van der Waals surface area contributed by atoms with Crippen molar-refractivity contribution in [3.05, 3.63) is 46.7 Å². The zero-order valence-electron chi connectivity index (χ0n) is 14.6. The molecule has 0 amide bonds. The average molecular weight is 392 g/mol. The fraction of sp³-hybridized carbons (Fsp3) is 0.471. The molecule has 3 heterocycles. The molecule has 26 heavy (non-hydrogen) atoms. The molecule has 1 aromatic carbocycles. The van der Waals surface area contributed by atoms with Crippen molar-refractivity contribution in [2.24, 2.45) is 0 Å². The zero-order valence-corrected chi connectivity index (χ0v) is 16.2. The summed E-state index contributed by atoms with van der Waals surface area (Å²) in [5, 5.41) is 13.7. The van der Waals surface area contributed by atoms with Crippen LogP contribution in [-0.2, 0) is 16.4 Å². The number of benzene rings is 1. The Morgan fingerprint density at radius 1 is 1.15 bits per heavy atom. The molecule has 0 bridgehead atoms. The van der Waals surface area contributed by atoms with Gasteiger partial charge in [0.25, 0.3) is 0 Å². The average Bonchev–Trinajstić information content (AvgIpc) is 3.23. The Morgan fingerprint density at radius 2 is 1.88 bits per heavy atom. The van der Waals surface area contributed by atoms with Gasteiger partial charge in [0.1, 0.15) is 5.01 Å². The lowest BCUT2D eigenvalue weighted by Gasteiger charge is -2.30. The van der Waals surface area contributed by atoms with E-state index in [2.05, 4.69) is 15.3 Å². The van der Waals surface area contributed by atoms with Crippen LogP contribution in [0.5, 0.6) is 0 Å². The van der Waals surface area contributed by atoms with Gasteiger partial charge in [0.2, 0.25) is 15.0 Å². The number of piperidine rings is 1. The molecule has 7 nitrogen and oxygen atoms in total. The molecular formula is C17H21N5O2S2. The Morgan fingerprint density at radius 3 is 2.58 bits per heavy atom. The second-order valence-corrected chi connectivity index (χ2v) is 9.68. The van der Waals surface area contributed by atoms with Gasteiger partial charge in [0.05, 0.1) is 5.75 Å². The third-order valence-electron chi connectivity index (χ3n) is 4.85. The van der Waals surface area contributed by atoms with Gasteiger partial charge in [-0.1, -0.05) is 41.7 Å². The van der Waals surface area contributed by atoms with Gasteiger partial charge in [-0.3, -0.25) is 0 Å². The Labute approximate surface area is 156 Å². The second-order valence-electron chi connectivity index (χ2n) is 6.61. The van der Waals surface area contributed by atoms with Gasteiger partial charge in [-0.05, 0) is 31.7 Å². The summed E-state index contributed by atoms with van der Waals surface area (Å²) in [7, 11) is -3.22. The second kappa shape index (κ2) is 7.05. The summed E-state index contributed by atoms with van der Waals surface area (Å²) in [6.45, 7) is 2.99. The standard InChI is InChI=1S/C17H21N5O2S2/c1-13-18-19-17-22(13)20-16(25-17)15-7-10-21(11-8-15)26(23,24)12-9-14-5-3-2-4-6-14/h2-6,15H,7-12H2,1H3. The van der Waals surface area contributed by atoms with Gasteiger partial charge >= 0.3 is 0 Å². The summed E-state index contributed by atoms with van der Waals surface area (Å²) < 4.78 is 28.7. The molecule has 138 valence electrons. The smallest absolute Gasteiger partial charge is 0.212 e. The van der Waals surface area contributed by atoms with Gasteiger partial charge in [-0.15, -0.1) is 10.2 Å². The van der Waals surface area contributed by atoms with Crippen molar-refractivity contribution < 1.29 is 8.42 Å². The van der Waals surface area contributed by atoms with Crippen molar-refractivity contribution in [2.45, 2.75) is 32.1 Å². The van der Waals surface area contributed by atoms with E-state index in [9.17, 15) is 8.42 Å². The first-order chi connectivity index (χ1) is 12.5. The lowest BCUT2D eigenvalue weighted by molar-refractivity contribution is 0.318. The highest BCUT2D eigenvalue weighted by molar-refractivity contribution is 7.89. The van der Waals surface area contributed by atoms with Crippen molar-refractivity contribution in [2.75, 3.05) is 18.8 Å². The van der Waals surface area contributed by atoms with Crippen molar-refractivity contribution in [3.63, 3.8) is 0 Å². The van der Waals surface area contributed by atoms with Gasteiger partial charge < -0.3 is 0 Å². The molecule has 0 radical (unpaired) electrons. The molecule has 2 aromatic heterocycles. The van der Waals surface area contributed by atoms with Crippen LogP contribution >= 0.6 is 11.3 Å². The summed E-state index contributed by atoms with van der Waals surface area (Å²) in [6.07, 6.45) is 2.15. The van der Waals surface area contributed by atoms with Crippen LogP contribution in [0.15, 0.2) is 30.3 Å². The molecule has 0 aliphatic carbocycles. The summed E-state index contributed by atoms with van der Waals surface area (Å²) in [6, 6.07) is 9.76. The van der Waals surface area contributed by atoms with Gasteiger partial charge in [0.15, 0.2) is 5.82 Å². The van der Waals surface area contributed by atoms with E-state index in [-0.39, 0.29) is 5.75 Å². The van der Waals surface area contributed by atoms with Crippen LogP contribution in [-0.4, -0.2) is 51.4 Å². The number of fused-ring (bicyclic) bond motifs is 1.